The third-order valence-electron chi connectivity index (χ3n) is 2.12. The molecule has 0 aliphatic heterocycles. The van der Waals surface area contributed by atoms with Crippen LogP contribution in [0, 0.1) is 5.53 Å². The number of aromatic nitrogens is 1. The number of nitrogens with one attached hydrogen (secondary N) is 1. The third kappa shape index (κ3) is 1.22. The molecule has 2 rings (SSSR count). The van der Waals surface area contributed by atoms with Crippen molar-refractivity contribution in [2.45, 2.75) is 6.54 Å². The summed E-state index contributed by atoms with van der Waals surface area (Å²) in [4.78, 5) is 11.1. The van der Waals surface area contributed by atoms with Crippen molar-refractivity contribution in [3.8, 4) is 0 Å². The lowest BCUT2D eigenvalue weighted by atomic mass is 10.2. The summed E-state index contributed by atoms with van der Waals surface area (Å²) in [5.74, 6) is -0.375. The fraction of sp³-hybridized carbons (Fsp3) is 0.222. The normalized spacial score (nSPS) is 10.6. The molecule has 0 spiro atoms. The van der Waals surface area contributed by atoms with E-state index in [0.29, 0.717) is 12.1 Å². The zero-order valence-corrected chi connectivity index (χ0v) is 7.65. The molecule has 5 nitrogen and oxygen atoms in total. The maximum atomic E-state index is 11.1. The van der Waals surface area contributed by atoms with E-state index in [1.807, 2.05) is 6.07 Å². The van der Waals surface area contributed by atoms with Gasteiger partial charge in [0.1, 0.15) is 0 Å². The van der Waals surface area contributed by atoms with Gasteiger partial charge in [-0.05, 0) is 17.7 Å². The van der Waals surface area contributed by atoms with Gasteiger partial charge in [-0.1, -0.05) is 6.07 Å². The summed E-state index contributed by atoms with van der Waals surface area (Å²) < 4.78 is 6.43. The molecule has 0 aliphatic rings. The van der Waals surface area contributed by atoms with Crippen molar-refractivity contribution in [1.82, 2.24) is 4.57 Å². The monoisotopic (exact) mass is 191 g/mol. The summed E-state index contributed by atoms with van der Waals surface area (Å²) in [6.45, 7) is 0.314. The van der Waals surface area contributed by atoms with E-state index in [1.165, 1.54) is 4.57 Å². The van der Waals surface area contributed by atoms with E-state index in [0.717, 1.165) is 11.1 Å². The van der Waals surface area contributed by atoms with Crippen molar-refractivity contribution in [3.63, 3.8) is 0 Å². The van der Waals surface area contributed by atoms with Crippen molar-refractivity contribution in [3.05, 3.63) is 34.3 Å². The average molecular weight is 191 g/mol. The lowest BCUT2D eigenvalue weighted by Gasteiger charge is -1.94. The van der Waals surface area contributed by atoms with Gasteiger partial charge in [0.25, 0.3) is 0 Å². The minimum atomic E-state index is -0.375. The van der Waals surface area contributed by atoms with Gasteiger partial charge in [-0.3, -0.25) is 4.57 Å². The lowest BCUT2D eigenvalue weighted by Crippen LogP contribution is -2.08. The van der Waals surface area contributed by atoms with E-state index < -0.39 is 0 Å². The fourth-order valence-electron chi connectivity index (χ4n) is 1.37. The van der Waals surface area contributed by atoms with Crippen LogP contribution in [0.15, 0.2) is 32.5 Å². The number of fused-ring (bicyclic) bond motifs is 1. The molecule has 0 unspecified atom stereocenters. The summed E-state index contributed by atoms with van der Waals surface area (Å²) in [5.41, 5.74) is 8.88. The molecule has 0 fully saturated rings. The van der Waals surface area contributed by atoms with E-state index in [1.54, 1.807) is 19.2 Å². The van der Waals surface area contributed by atoms with E-state index >= 15 is 0 Å². The Hall–Kier alpha value is -1.91. The Morgan fingerprint density at radius 1 is 1.57 bits per heavy atom. The average Bonchev–Trinajstić information content (AvgIpc) is 2.43. The number of oxazole rings is 1. The van der Waals surface area contributed by atoms with Gasteiger partial charge >= 0.3 is 5.76 Å². The number of hydrogen-bond donors (Lipinski definition) is 1. The SMILES string of the molecule is Cn1c(=O)oc2cc(CN=N)ccc21. The highest BCUT2D eigenvalue weighted by Crippen LogP contribution is 2.14. The van der Waals surface area contributed by atoms with Gasteiger partial charge in [0.2, 0.25) is 0 Å². The first kappa shape index (κ1) is 8.68. The number of hydrogen-bond acceptors (Lipinski definition) is 4. The van der Waals surface area contributed by atoms with Gasteiger partial charge in [-0.2, -0.15) is 5.11 Å². The minimum Gasteiger partial charge on any atom is -0.408 e. The Balaban J connectivity index is 2.67. The van der Waals surface area contributed by atoms with Crippen LogP contribution in [0.5, 0.6) is 0 Å². The Morgan fingerprint density at radius 3 is 3.07 bits per heavy atom. The number of aryl methyl sites for hydroxylation is 1. The smallest absolute Gasteiger partial charge is 0.408 e. The lowest BCUT2D eigenvalue weighted by molar-refractivity contribution is 0.528. The molecule has 1 aromatic carbocycles. The fourth-order valence-corrected chi connectivity index (χ4v) is 1.37. The quantitative estimate of drug-likeness (QED) is 0.733. The Bertz CT molecular complexity index is 538. The summed E-state index contributed by atoms with van der Waals surface area (Å²) in [7, 11) is 1.66. The molecule has 1 N–H and O–H groups in total. The molecule has 2 aromatic rings. The largest absolute Gasteiger partial charge is 0.419 e. The maximum absolute atomic E-state index is 11.1. The molecule has 0 aliphatic carbocycles. The molecule has 14 heavy (non-hydrogen) atoms. The summed E-state index contributed by atoms with van der Waals surface area (Å²) in [6.07, 6.45) is 0. The van der Waals surface area contributed by atoms with E-state index in [-0.39, 0.29) is 5.76 Å². The first-order valence-corrected chi connectivity index (χ1v) is 4.14. The molecule has 1 aromatic heterocycles. The predicted octanol–water partition coefficient (Wildman–Crippen LogP) is 1.66. The van der Waals surface area contributed by atoms with E-state index in [2.05, 4.69) is 5.11 Å². The van der Waals surface area contributed by atoms with Gasteiger partial charge < -0.3 is 4.42 Å². The van der Waals surface area contributed by atoms with Crippen molar-refractivity contribution in [2.75, 3.05) is 0 Å². The van der Waals surface area contributed by atoms with Crippen molar-refractivity contribution >= 4 is 11.1 Å². The molecule has 0 saturated carbocycles. The molecule has 0 radical (unpaired) electrons. The minimum absolute atomic E-state index is 0.314. The Kier molecular flexibility index (Phi) is 1.92. The molecule has 1 heterocycles. The van der Waals surface area contributed by atoms with Gasteiger partial charge in [0.05, 0.1) is 12.1 Å². The number of nitrogens with zero attached hydrogens (tertiary/aromatic N) is 2. The van der Waals surface area contributed by atoms with Crippen LogP contribution in [0.25, 0.3) is 11.1 Å². The molecular formula is C9H9N3O2. The highest BCUT2D eigenvalue weighted by molar-refractivity contribution is 5.73. The summed E-state index contributed by atoms with van der Waals surface area (Å²) in [6, 6.07) is 5.35. The van der Waals surface area contributed by atoms with Crippen LogP contribution < -0.4 is 5.76 Å². The van der Waals surface area contributed by atoms with Gasteiger partial charge in [-0.15, -0.1) is 0 Å². The maximum Gasteiger partial charge on any atom is 0.419 e. The highest BCUT2D eigenvalue weighted by Gasteiger charge is 2.05. The first-order chi connectivity index (χ1) is 6.72. The number of rotatable bonds is 2. The first-order valence-electron chi connectivity index (χ1n) is 4.14. The van der Waals surface area contributed by atoms with Gasteiger partial charge in [0.15, 0.2) is 5.58 Å². The molecule has 5 heteroatoms. The molecular weight excluding hydrogens is 182 g/mol. The Morgan fingerprint density at radius 2 is 2.36 bits per heavy atom. The van der Waals surface area contributed by atoms with Crippen LogP contribution in [0.3, 0.4) is 0 Å². The summed E-state index contributed by atoms with van der Waals surface area (Å²) in [5, 5.41) is 3.27. The van der Waals surface area contributed by atoms with Crippen molar-refractivity contribution in [1.29, 1.82) is 5.53 Å². The van der Waals surface area contributed by atoms with Crippen molar-refractivity contribution in [2.24, 2.45) is 12.2 Å². The van der Waals surface area contributed by atoms with Crippen LogP contribution in [-0.4, -0.2) is 4.57 Å². The second-order valence-corrected chi connectivity index (χ2v) is 3.05. The topological polar surface area (TPSA) is 71.3 Å². The standard InChI is InChI=1S/C9H9N3O2/c1-12-7-3-2-6(5-11-10)4-8(7)14-9(12)13/h2-4,10H,5H2,1H3. The third-order valence-corrected chi connectivity index (χ3v) is 2.12. The summed E-state index contributed by atoms with van der Waals surface area (Å²) >= 11 is 0. The van der Waals surface area contributed by atoms with Crippen LogP contribution in [-0.2, 0) is 13.6 Å². The molecule has 0 atom stereocenters. The second kappa shape index (κ2) is 3.10. The second-order valence-electron chi connectivity index (χ2n) is 3.05. The van der Waals surface area contributed by atoms with Crippen LogP contribution in [0.4, 0.5) is 0 Å². The molecule has 0 bridgehead atoms. The van der Waals surface area contributed by atoms with Crippen LogP contribution in [0.2, 0.25) is 0 Å². The van der Waals surface area contributed by atoms with E-state index in [4.69, 9.17) is 9.95 Å². The molecule has 0 amide bonds. The number of benzene rings is 1. The molecule has 0 saturated heterocycles. The highest BCUT2D eigenvalue weighted by atomic mass is 16.4. The molecule has 72 valence electrons. The zero-order valence-electron chi connectivity index (χ0n) is 7.65. The van der Waals surface area contributed by atoms with Crippen molar-refractivity contribution < 1.29 is 4.42 Å². The Labute approximate surface area is 79.5 Å². The van der Waals surface area contributed by atoms with E-state index in [9.17, 15) is 4.79 Å². The van der Waals surface area contributed by atoms with Crippen LogP contribution in [0.1, 0.15) is 5.56 Å². The van der Waals surface area contributed by atoms with Gasteiger partial charge in [0, 0.05) is 7.05 Å². The van der Waals surface area contributed by atoms with Crippen LogP contribution >= 0.6 is 0 Å². The van der Waals surface area contributed by atoms with Gasteiger partial charge in [-0.25, -0.2) is 10.3 Å². The zero-order chi connectivity index (χ0) is 10.1. The predicted molar refractivity (Wildman–Crippen MR) is 50.3 cm³/mol.